The van der Waals surface area contributed by atoms with Gasteiger partial charge in [0.15, 0.2) is 5.60 Å². The topological polar surface area (TPSA) is 44.8 Å². The van der Waals surface area contributed by atoms with E-state index in [9.17, 15) is 18.0 Å². The van der Waals surface area contributed by atoms with Gasteiger partial charge in [-0.15, -0.1) is 0 Å². The summed E-state index contributed by atoms with van der Waals surface area (Å²) in [5.41, 5.74) is 3.62. The number of fused-ring (bicyclic) bond motifs is 8. The fourth-order valence-electron chi connectivity index (χ4n) is 6.90. The molecule has 226 valence electrons. The number of esters is 1. The normalized spacial score (nSPS) is 17.7. The maximum absolute atomic E-state index is 13.8. The van der Waals surface area contributed by atoms with Crippen molar-refractivity contribution in [3.05, 3.63) is 136 Å². The van der Waals surface area contributed by atoms with Crippen molar-refractivity contribution in [2.75, 3.05) is 14.2 Å². The van der Waals surface area contributed by atoms with Gasteiger partial charge in [-0.25, -0.2) is 4.79 Å². The van der Waals surface area contributed by atoms with Crippen molar-refractivity contribution in [2.45, 2.75) is 31.0 Å². The van der Waals surface area contributed by atoms with E-state index >= 15 is 0 Å². The van der Waals surface area contributed by atoms with E-state index in [1.54, 1.807) is 25.3 Å². The summed E-state index contributed by atoms with van der Waals surface area (Å²) in [5, 5.41) is 1.75. The highest BCUT2D eigenvalue weighted by atomic mass is 19.4. The van der Waals surface area contributed by atoms with Crippen LogP contribution in [0.3, 0.4) is 0 Å². The maximum Gasteiger partial charge on any atom is 0.416 e. The molecule has 1 aliphatic heterocycles. The first-order valence-electron chi connectivity index (χ1n) is 14.5. The molecule has 7 rings (SSSR count). The number of benzene rings is 5. The van der Waals surface area contributed by atoms with Crippen LogP contribution in [0.5, 0.6) is 11.5 Å². The van der Waals surface area contributed by atoms with Gasteiger partial charge in [0.05, 0.1) is 25.3 Å². The molecule has 2 aliphatic rings. The number of hydrogen-bond acceptors (Lipinski definition) is 4. The molecular formula is C38H29F3O4. The monoisotopic (exact) mass is 606 g/mol. The minimum Gasteiger partial charge on any atom is -0.497 e. The zero-order valence-electron chi connectivity index (χ0n) is 25.1. The zero-order chi connectivity index (χ0) is 31.7. The molecule has 1 unspecified atom stereocenters. The Hall–Kier alpha value is -5.04. The molecule has 0 saturated carbocycles. The van der Waals surface area contributed by atoms with E-state index in [1.165, 1.54) is 13.2 Å². The van der Waals surface area contributed by atoms with Crippen molar-refractivity contribution in [1.29, 1.82) is 0 Å². The molecule has 0 fully saturated rings. The van der Waals surface area contributed by atoms with Crippen molar-refractivity contribution in [3.8, 4) is 22.6 Å². The lowest BCUT2D eigenvalue weighted by Gasteiger charge is -2.38. The summed E-state index contributed by atoms with van der Waals surface area (Å²) in [7, 11) is 2.94. The van der Waals surface area contributed by atoms with E-state index in [0.29, 0.717) is 22.6 Å². The second-order valence-electron chi connectivity index (χ2n) is 11.9. The first kappa shape index (κ1) is 28.7. The highest BCUT2D eigenvalue weighted by molar-refractivity contribution is 6.08. The van der Waals surface area contributed by atoms with E-state index in [4.69, 9.17) is 14.2 Å². The number of carbonyl (C=O) groups is 1. The number of rotatable bonds is 4. The molecule has 0 saturated heterocycles. The Kier molecular flexibility index (Phi) is 6.38. The molecule has 7 heteroatoms. The summed E-state index contributed by atoms with van der Waals surface area (Å²) in [6.45, 7) is 3.94. The van der Waals surface area contributed by atoms with Crippen LogP contribution < -0.4 is 9.47 Å². The summed E-state index contributed by atoms with van der Waals surface area (Å²) < 4.78 is 59.0. The second kappa shape index (κ2) is 9.99. The van der Waals surface area contributed by atoms with Crippen molar-refractivity contribution >= 4 is 22.8 Å². The molecule has 0 amide bonds. The molecule has 0 aromatic heterocycles. The van der Waals surface area contributed by atoms with Crippen LogP contribution in [0.4, 0.5) is 13.2 Å². The van der Waals surface area contributed by atoms with Crippen LogP contribution in [-0.4, -0.2) is 20.2 Å². The van der Waals surface area contributed by atoms with Gasteiger partial charge in [-0.2, -0.15) is 13.2 Å². The quantitative estimate of drug-likeness (QED) is 0.191. The van der Waals surface area contributed by atoms with Crippen LogP contribution in [0, 0.1) is 0 Å². The van der Waals surface area contributed by atoms with Gasteiger partial charge in [0.2, 0.25) is 0 Å². The van der Waals surface area contributed by atoms with Crippen LogP contribution in [0.2, 0.25) is 0 Å². The van der Waals surface area contributed by atoms with E-state index in [1.807, 2.05) is 86.7 Å². The number of ether oxygens (including phenoxy) is 3. The Bertz CT molecular complexity index is 2020. The second-order valence-corrected chi connectivity index (χ2v) is 11.9. The minimum absolute atomic E-state index is 0.410. The predicted molar refractivity (Wildman–Crippen MR) is 168 cm³/mol. The third-order valence-electron chi connectivity index (χ3n) is 9.12. The Morgan fingerprint density at radius 2 is 1.47 bits per heavy atom. The largest absolute Gasteiger partial charge is 0.497 e. The highest BCUT2D eigenvalue weighted by Crippen LogP contribution is 2.58. The maximum atomic E-state index is 13.8. The van der Waals surface area contributed by atoms with Crippen LogP contribution in [0.15, 0.2) is 97.1 Å². The summed E-state index contributed by atoms with van der Waals surface area (Å²) in [6.07, 6.45) is -0.438. The van der Waals surface area contributed by atoms with Crippen molar-refractivity contribution < 1.29 is 32.2 Å². The lowest BCUT2D eigenvalue weighted by Crippen LogP contribution is -2.35. The number of carbonyl (C=O) groups excluding carboxylic acids is 1. The molecule has 4 nitrogen and oxygen atoms in total. The van der Waals surface area contributed by atoms with Gasteiger partial charge in [-0.3, -0.25) is 0 Å². The fraction of sp³-hybridized carbons (Fsp3) is 0.184. The number of alkyl halides is 3. The standard InChI is InChI=1S/C38H29F3O4/c1-36(2)31-21-25(38(39,40)41)15-18-29(31)32-27-7-5-6-8-28(27)34-30(33(32)36)19-20-37(45-34,24-13-16-26(43-3)17-14-24)23-11-9-22(10-12-23)35(42)44-4/h5-21H,1-4H3. The molecule has 0 spiro atoms. The molecule has 0 N–H and O–H groups in total. The Morgan fingerprint density at radius 3 is 2.09 bits per heavy atom. The minimum atomic E-state index is -4.45. The van der Waals surface area contributed by atoms with Crippen molar-refractivity contribution in [2.24, 2.45) is 0 Å². The first-order valence-corrected chi connectivity index (χ1v) is 14.5. The highest BCUT2D eigenvalue weighted by Gasteiger charge is 2.45. The molecule has 5 aromatic carbocycles. The number of methoxy groups -OCH3 is 2. The smallest absolute Gasteiger partial charge is 0.416 e. The number of hydrogen-bond donors (Lipinski definition) is 0. The molecule has 1 aliphatic carbocycles. The summed E-state index contributed by atoms with van der Waals surface area (Å²) >= 11 is 0. The Balaban J connectivity index is 1.49. The summed E-state index contributed by atoms with van der Waals surface area (Å²) in [4.78, 5) is 12.2. The summed E-state index contributed by atoms with van der Waals surface area (Å²) in [6, 6.07) is 26.6. The number of halogens is 3. The van der Waals surface area contributed by atoms with Crippen LogP contribution in [0.25, 0.3) is 28.0 Å². The van der Waals surface area contributed by atoms with Crippen molar-refractivity contribution in [3.63, 3.8) is 0 Å². The van der Waals surface area contributed by atoms with Gasteiger partial charge in [0.25, 0.3) is 0 Å². The predicted octanol–water partition coefficient (Wildman–Crippen LogP) is 9.31. The lowest BCUT2D eigenvalue weighted by atomic mass is 9.76. The molecule has 45 heavy (non-hydrogen) atoms. The lowest BCUT2D eigenvalue weighted by molar-refractivity contribution is -0.137. The van der Waals surface area contributed by atoms with Crippen LogP contribution >= 0.6 is 0 Å². The average Bonchev–Trinajstić information content (AvgIpc) is 3.30. The molecule has 0 bridgehead atoms. The Morgan fingerprint density at radius 1 is 0.822 bits per heavy atom. The molecule has 5 aromatic rings. The van der Waals surface area contributed by atoms with Crippen LogP contribution in [0.1, 0.15) is 57.6 Å². The summed E-state index contributed by atoms with van der Waals surface area (Å²) in [5.74, 6) is 0.885. The average molecular weight is 607 g/mol. The van der Waals surface area contributed by atoms with E-state index in [0.717, 1.165) is 50.2 Å². The molecule has 1 atom stereocenters. The van der Waals surface area contributed by atoms with Gasteiger partial charge in [0.1, 0.15) is 11.5 Å². The van der Waals surface area contributed by atoms with Gasteiger partial charge < -0.3 is 14.2 Å². The van der Waals surface area contributed by atoms with E-state index in [-0.39, 0.29) is 0 Å². The third kappa shape index (κ3) is 4.25. The zero-order valence-corrected chi connectivity index (χ0v) is 25.1. The SMILES string of the molecule is COC(=O)c1ccc(C2(c3ccc(OC)cc3)C=Cc3c4c(c5ccccc5c3O2)-c2ccc(C(F)(F)F)cc2C4(C)C)cc1. The van der Waals surface area contributed by atoms with E-state index < -0.39 is 28.7 Å². The first-order chi connectivity index (χ1) is 21.5. The Labute approximate surface area is 258 Å². The van der Waals surface area contributed by atoms with Gasteiger partial charge >= 0.3 is 12.1 Å². The van der Waals surface area contributed by atoms with E-state index in [2.05, 4.69) is 0 Å². The molecule has 1 heterocycles. The van der Waals surface area contributed by atoms with Gasteiger partial charge in [-0.05, 0) is 70.1 Å². The fourth-order valence-corrected chi connectivity index (χ4v) is 6.90. The van der Waals surface area contributed by atoms with Gasteiger partial charge in [0, 0.05) is 27.5 Å². The van der Waals surface area contributed by atoms with Crippen LogP contribution in [-0.2, 0) is 21.9 Å². The molecule has 0 radical (unpaired) electrons. The van der Waals surface area contributed by atoms with Crippen molar-refractivity contribution in [1.82, 2.24) is 0 Å². The molecular weight excluding hydrogens is 577 g/mol. The van der Waals surface area contributed by atoms with Gasteiger partial charge in [-0.1, -0.05) is 74.5 Å². The third-order valence-corrected chi connectivity index (χ3v) is 9.12.